The van der Waals surface area contributed by atoms with E-state index in [1.165, 1.54) is 11.9 Å². The molecule has 7 heteroatoms. The molecule has 1 unspecified atom stereocenters. The zero-order valence-corrected chi connectivity index (χ0v) is 11.6. The molecule has 1 heterocycles. The molecular formula is C12H18N2O5. The molecule has 0 aliphatic rings. The van der Waals surface area contributed by atoms with Gasteiger partial charge in [-0.15, -0.1) is 0 Å². The standard InChI is InChI=1S/C12H18N2O5/c1-7(9-8(10(15)16)13-6-18-9)14(5)11(17)19-12(2,3)4/h6-7H,1-5H3,(H,15,16). The van der Waals surface area contributed by atoms with E-state index in [-0.39, 0.29) is 11.5 Å². The number of nitrogens with zero attached hydrogens (tertiary/aromatic N) is 2. The Balaban J connectivity index is 2.87. The smallest absolute Gasteiger partial charge is 0.410 e. The molecule has 0 saturated carbocycles. The van der Waals surface area contributed by atoms with Crippen molar-refractivity contribution < 1.29 is 23.8 Å². The van der Waals surface area contributed by atoms with E-state index in [0.717, 1.165) is 6.39 Å². The summed E-state index contributed by atoms with van der Waals surface area (Å²) in [4.78, 5) is 27.7. The number of amides is 1. The van der Waals surface area contributed by atoms with Crippen LogP contribution in [-0.4, -0.2) is 39.7 Å². The van der Waals surface area contributed by atoms with Gasteiger partial charge in [0.1, 0.15) is 5.60 Å². The number of ether oxygens (including phenoxy) is 1. The molecule has 1 N–H and O–H groups in total. The highest BCUT2D eigenvalue weighted by molar-refractivity contribution is 5.86. The molecule has 1 aromatic heterocycles. The topological polar surface area (TPSA) is 92.9 Å². The minimum atomic E-state index is -1.20. The van der Waals surface area contributed by atoms with Gasteiger partial charge in [-0.1, -0.05) is 0 Å². The zero-order chi connectivity index (χ0) is 14.8. The fraction of sp³-hybridized carbons (Fsp3) is 0.583. The van der Waals surface area contributed by atoms with E-state index in [1.807, 2.05) is 0 Å². The Kier molecular flexibility index (Phi) is 4.18. The lowest BCUT2D eigenvalue weighted by Gasteiger charge is -2.27. The van der Waals surface area contributed by atoms with Crippen LogP contribution in [0.4, 0.5) is 4.79 Å². The Morgan fingerprint density at radius 1 is 1.47 bits per heavy atom. The highest BCUT2D eigenvalue weighted by Gasteiger charge is 2.29. The van der Waals surface area contributed by atoms with Gasteiger partial charge in [0.25, 0.3) is 0 Å². The van der Waals surface area contributed by atoms with E-state index in [1.54, 1.807) is 27.7 Å². The van der Waals surface area contributed by atoms with Crippen LogP contribution < -0.4 is 0 Å². The van der Waals surface area contributed by atoms with E-state index in [0.29, 0.717) is 0 Å². The maximum Gasteiger partial charge on any atom is 0.410 e. The average Bonchev–Trinajstić information content (AvgIpc) is 2.73. The second kappa shape index (κ2) is 5.29. The summed E-state index contributed by atoms with van der Waals surface area (Å²) in [6.07, 6.45) is 0.478. The second-order valence-electron chi connectivity index (χ2n) is 5.14. The minimum Gasteiger partial charge on any atom is -0.476 e. The van der Waals surface area contributed by atoms with Crippen LogP contribution in [0.1, 0.15) is 50.0 Å². The van der Waals surface area contributed by atoms with Crippen molar-refractivity contribution in [2.75, 3.05) is 7.05 Å². The van der Waals surface area contributed by atoms with Gasteiger partial charge in [-0.25, -0.2) is 14.6 Å². The lowest BCUT2D eigenvalue weighted by atomic mass is 10.2. The highest BCUT2D eigenvalue weighted by atomic mass is 16.6. The van der Waals surface area contributed by atoms with Crippen LogP contribution >= 0.6 is 0 Å². The normalized spacial score (nSPS) is 12.9. The Morgan fingerprint density at radius 2 is 2.05 bits per heavy atom. The van der Waals surface area contributed by atoms with Crippen LogP contribution in [0.5, 0.6) is 0 Å². The molecule has 7 nitrogen and oxygen atoms in total. The van der Waals surface area contributed by atoms with Crippen LogP contribution in [-0.2, 0) is 4.74 Å². The molecule has 0 aromatic carbocycles. The molecule has 19 heavy (non-hydrogen) atoms. The number of hydrogen-bond donors (Lipinski definition) is 1. The quantitative estimate of drug-likeness (QED) is 0.905. The summed E-state index contributed by atoms with van der Waals surface area (Å²) in [6.45, 7) is 6.89. The van der Waals surface area contributed by atoms with E-state index < -0.39 is 23.7 Å². The van der Waals surface area contributed by atoms with Crippen molar-refractivity contribution in [3.05, 3.63) is 17.8 Å². The number of aromatic nitrogens is 1. The van der Waals surface area contributed by atoms with Gasteiger partial charge in [0, 0.05) is 7.05 Å². The van der Waals surface area contributed by atoms with Crippen molar-refractivity contribution in [3.63, 3.8) is 0 Å². The fourth-order valence-electron chi connectivity index (χ4n) is 1.38. The molecule has 0 saturated heterocycles. The molecule has 0 aliphatic heterocycles. The third kappa shape index (κ3) is 3.70. The van der Waals surface area contributed by atoms with E-state index in [4.69, 9.17) is 14.3 Å². The minimum absolute atomic E-state index is 0.112. The van der Waals surface area contributed by atoms with Gasteiger partial charge in [-0.2, -0.15) is 0 Å². The molecule has 1 atom stereocenters. The predicted molar refractivity (Wildman–Crippen MR) is 65.9 cm³/mol. The van der Waals surface area contributed by atoms with Crippen molar-refractivity contribution in [2.45, 2.75) is 39.3 Å². The molecule has 0 radical (unpaired) electrons. The maximum absolute atomic E-state index is 11.9. The number of carboxylic acids is 1. The third-order valence-corrected chi connectivity index (χ3v) is 2.44. The molecule has 106 valence electrons. The van der Waals surface area contributed by atoms with Gasteiger partial charge in [0.05, 0.1) is 6.04 Å². The molecule has 0 bridgehead atoms. The van der Waals surface area contributed by atoms with Gasteiger partial charge in [-0.05, 0) is 27.7 Å². The number of carboxylic acid groups (broad SMARTS) is 1. The maximum atomic E-state index is 11.9. The van der Waals surface area contributed by atoms with Crippen LogP contribution in [0.2, 0.25) is 0 Å². The summed E-state index contributed by atoms with van der Waals surface area (Å²) in [5.74, 6) is -1.09. The molecule has 0 spiro atoms. The first-order valence-corrected chi connectivity index (χ1v) is 5.76. The van der Waals surface area contributed by atoms with Gasteiger partial charge >= 0.3 is 12.1 Å². The summed E-state index contributed by atoms with van der Waals surface area (Å²) in [5.41, 5.74) is -0.829. The molecule has 1 amide bonds. The molecule has 1 aromatic rings. The molecule has 0 aliphatic carbocycles. The number of rotatable bonds is 3. The lowest BCUT2D eigenvalue weighted by Crippen LogP contribution is -2.36. The SMILES string of the molecule is CC(c1ocnc1C(=O)O)N(C)C(=O)OC(C)(C)C. The lowest BCUT2D eigenvalue weighted by molar-refractivity contribution is 0.0213. The summed E-state index contributed by atoms with van der Waals surface area (Å²) < 4.78 is 10.2. The van der Waals surface area contributed by atoms with E-state index >= 15 is 0 Å². The first kappa shape index (κ1) is 15.0. The first-order chi connectivity index (χ1) is 8.63. The largest absolute Gasteiger partial charge is 0.476 e. The number of oxazole rings is 1. The van der Waals surface area contributed by atoms with Crippen molar-refractivity contribution in [3.8, 4) is 0 Å². The third-order valence-electron chi connectivity index (χ3n) is 2.44. The summed E-state index contributed by atoms with van der Waals surface area (Å²) in [6, 6.07) is -0.594. The predicted octanol–water partition coefficient (Wildman–Crippen LogP) is 2.30. The van der Waals surface area contributed by atoms with Crippen molar-refractivity contribution in [1.82, 2.24) is 9.88 Å². The van der Waals surface area contributed by atoms with Crippen LogP contribution in [0.3, 0.4) is 0 Å². The monoisotopic (exact) mass is 270 g/mol. The highest BCUT2D eigenvalue weighted by Crippen LogP contribution is 2.23. The number of carbonyl (C=O) groups excluding carboxylic acids is 1. The number of aromatic carboxylic acids is 1. The van der Waals surface area contributed by atoms with Crippen molar-refractivity contribution in [2.24, 2.45) is 0 Å². The van der Waals surface area contributed by atoms with E-state index in [9.17, 15) is 9.59 Å². The Bertz CT molecular complexity index is 475. The number of carbonyl (C=O) groups is 2. The van der Waals surface area contributed by atoms with Gasteiger partial charge < -0.3 is 19.2 Å². The van der Waals surface area contributed by atoms with Gasteiger partial charge in [0.15, 0.2) is 17.8 Å². The zero-order valence-electron chi connectivity index (χ0n) is 11.6. The number of hydrogen-bond acceptors (Lipinski definition) is 5. The first-order valence-electron chi connectivity index (χ1n) is 5.76. The van der Waals surface area contributed by atoms with Crippen molar-refractivity contribution in [1.29, 1.82) is 0 Å². The van der Waals surface area contributed by atoms with Crippen molar-refractivity contribution >= 4 is 12.1 Å². The van der Waals surface area contributed by atoms with Crippen LogP contribution in [0, 0.1) is 0 Å². The van der Waals surface area contributed by atoms with Crippen LogP contribution in [0.15, 0.2) is 10.8 Å². The molecular weight excluding hydrogens is 252 g/mol. The summed E-state index contributed by atoms with van der Waals surface area (Å²) in [5, 5.41) is 8.95. The average molecular weight is 270 g/mol. The summed E-state index contributed by atoms with van der Waals surface area (Å²) in [7, 11) is 1.51. The van der Waals surface area contributed by atoms with Crippen LogP contribution in [0.25, 0.3) is 0 Å². The Hall–Kier alpha value is -2.05. The Labute approximate surface area is 111 Å². The van der Waals surface area contributed by atoms with Gasteiger partial charge in [-0.3, -0.25) is 0 Å². The van der Waals surface area contributed by atoms with E-state index in [2.05, 4.69) is 4.98 Å². The van der Waals surface area contributed by atoms with Gasteiger partial charge in [0.2, 0.25) is 0 Å². The Morgan fingerprint density at radius 3 is 2.53 bits per heavy atom. The molecule has 1 rings (SSSR count). The second-order valence-corrected chi connectivity index (χ2v) is 5.14. The summed E-state index contributed by atoms with van der Waals surface area (Å²) >= 11 is 0. The fourth-order valence-corrected chi connectivity index (χ4v) is 1.38. The molecule has 0 fully saturated rings.